The molecule has 0 aliphatic rings. The van der Waals surface area contributed by atoms with E-state index in [4.69, 9.17) is 20.9 Å². The van der Waals surface area contributed by atoms with Crippen LogP contribution in [0, 0.1) is 11.8 Å². The zero-order chi connectivity index (χ0) is 19.0. The molecule has 0 saturated carbocycles. The summed E-state index contributed by atoms with van der Waals surface area (Å²) in [5.74, 6) is 1.20. The summed E-state index contributed by atoms with van der Waals surface area (Å²) in [6, 6.07) is 0. The lowest BCUT2D eigenvalue weighted by Gasteiger charge is -2.24. The first kappa shape index (κ1) is 25.9. The molecule has 152 valence electrons. The molecule has 0 rings (SSSR count). The number of rotatable bonds is 18. The fraction of sp³-hybridized carbons (Fsp3) is 1.00. The van der Waals surface area contributed by atoms with Crippen molar-refractivity contribution in [3.63, 3.8) is 0 Å². The lowest BCUT2D eigenvalue weighted by Crippen LogP contribution is -2.11. The second-order valence-corrected chi connectivity index (χ2v) is 12.6. The van der Waals surface area contributed by atoms with Crippen LogP contribution < -0.4 is 0 Å². The van der Waals surface area contributed by atoms with E-state index < -0.39 is 5.69 Å². The molecule has 0 N–H and O–H groups in total. The monoisotopic (exact) mass is 410 g/mol. The van der Waals surface area contributed by atoms with Crippen LogP contribution in [0.4, 0.5) is 0 Å². The van der Waals surface area contributed by atoms with Crippen LogP contribution in [0.2, 0.25) is 0 Å². The predicted octanol–water partition coefficient (Wildman–Crippen LogP) is 8.17. The van der Waals surface area contributed by atoms with E-state index in [2.05, 4.69) is 39.9 Å². The number of unbranched alkanes of at least 4 members (excludes halogenated alkanes) is 4. The van der Waals surface area contributed by atoms with Crippen LogP contribution in [-0.2, 0) is 20.9 Å². The molecule has 0 aromatic carbocycles. The van der Waals surface area contributed by atoms with Crippen LogP contribution in [-0.4, -0.2) is 13.2 Å². The van der Waals surface area contributed by atoms with Gasteiger partial charge in [-0.2, -0.15) is 0 Å². The van der Waals surface area contributed by atoms with E-state index in [0.29, 0.717) is 25.0 Å². The van der Waals surface area contributed by atoms with Gasteiger partial charge in [0.1, 0.15) is 0 Å². The number of hydrogen-bond acceptors (Lipinski definition) is 3. The zero-order valence-electron chi connectivity index (χ0n) is 17.2. The Balaban J connectivity index is 4.26. The predicted molar refractivity (Wildman–Crippen MR) is 120 cm³/mol. The molecule has 0 aromatic heterocycles. The first-order chi connectivity index (χ1) is 12.0. The number of hydrogen-bond donors (Lipinski definition) is 1. The summed E-state index contributed by atoms with van der Waals surface area (Å²) in [5, 5.41) is 0. The molecule has 0 aromatic rings. The molecule has 5 heteroatoms. The average Bonchev–Trinajstić information content (AvgIpc) is 2.58. The third kappa shape index (κ3) is 15.7. The van der Waals surface area contributed by atoms with Gasteiger partial charge in [-0.1, -0.05) is 91.3 Å². The van der Waals surface area contributed by atoms with Gasteiger partial charge in [0.15, 0.2) is 0 Å². The van der Waals surface area contributed by atoms with E-state index in [1.165, 1.54) is 77.0 Å². The Hall–Kier alpha value is 0.920. The Labute approximate surface area is 168 Å². The molecule has 0 fully saturated rings. The van der Waals surface area contributed by atoms with Crippen LogP contribution in [0.1, 0.15) is 105 Å². The lowest BCUT2D eigenvalue weighted by molar-refractivity contribution is 0.184. The minimum atomic E-state index is -2.40. The smallest absolute Gasteiger partial charge is 0.244 e. The van der Waals surface area contributed by atoms with Crippen LogP contribution in [0.5, 0.6) is 0 Å². The molecule has 2 atom stereocenters. The van der Waals surface area contributed by atoms with Gasteiger partial charge in [0.05, 0.1) is 13.2 Å². The van der Waals surface area contributed by atoms with Crippen molar-refractivity contribution in [1.82, 2.24) is 0 Å². The first-order valence-corrected chi connectivity index (χ1v) is 14.4. The summed E-state index contributed by atoms with van der Waals surface area (Å²) in [5.41, 5.74) is -2.40. The molecule has 0 radical (unpaired) electrons. The van der Waals surface area contributed by atoms with Crippen molar-refractivity contribution in [2.75, 3.05) is 13.2 Å². The topological polar surface area (TPSA) is 18.5 Å². The van der Waals surface area contributed by atoms with E-state index >= 15 is 0 Å². The average molecular weight is 411 g/mol. The fourth-order valence-corrected chi connectivity index (χ4v) is 4.88. The maximum atomic E-state index is 6.00. The van der Waals surface area contributed by atoms with Gasteiger partial charge < -0.3 is 9.05 Å². The van der Waals surface area contributed by atoms with Gasteiger partial charge in [-0.3, -0.25) is 0 Å². The largest absolute Gasteiger partial charge is 0.322 e. The highest BCUT2D eigenvalue weighted by molar-refractivity contribution is 8.60. The molecule has 0 amide bonds. The highest BCUT2D eigenvalue weighted by atomic mass is 32.9. The minimum absolute atomic E-state index is 0.602. The van der Waals surface area contributed by atoms with Gasteiger partial charge >= 0.3 is 0 Å². The lowest BCUT2D eigenvalue weighted by atomic mass is 9.98. The molecule has 0 aliphatic heterocycles. The standard InChI is InChI=1S/C20H43O2PS2/c1-5-9-11-15-19(13-7-3)17-21-23(24,25)22-18-20(14-8-4)16-12-10-6-2/h19-20H,5-18H2,1-4H3,(H,24,25). The van der Waals surface area contributed by atoms with Crippen molar-refractivity contribution in [3.05, 3.63) is 0 Å². The van der Waals surface area contributed by atoms with Crippen LogP contribution in [0.15, 0.2) is 0 Å². The summed E-state index contributed by atoms with van der Waals surface area (Å²) in [6.45, 7) is 10.4. The summed E-state index contributed by atoms with van der Waals surface area (Å²) in [6.07, 6.45) is 15.0. The molecule has 2 unspecified atom stereocenters. The Morgan fingerprint density at radius 3 is 1.40 bits per heavy atom. The second-order valence-electron chi connectivity index (χ2n) is 7.36. The molecular formula is C20H43O2PS2. The zero-order valence-corrected chi connectivity index (χ0v) is 19.8. The molecule has 0 heterocycles. The van der Waals surface area contributed by atoms with Crippen molar-refractivity contribution in [3.8, 4) is 0 Å². The molecule has 2 nitrogen and oxygen atoms in total. The summed E-state index contributed by atoms with van der Waals surface area (Å²) in [4.78, 5) is 0. The van der Waals surface area contributed by atoms with Crippen LogP contribution >= 0.6 is 17.9 Å². The Kier molecular flexibility index (Phi) is 17.7. The fourth-order valence-electron chi connectivity index (χ4n) is 3.24. The van der Waals surface area contributed by atoms with Crippen molar-refractivity contribution in [2.45, 2.75) is 105 Å². The van der Waals surface area contributed by atoms with Crippen LogP contribution in [0.3, 0.4) is 0 Å². The summed E-state index contributed by atoms with van der Waals surface area (Å²) < 4.78 is 12.0. The van der Waals surface area contributed by atoms with Crippen molar-refractivity contribution in [2.24, 2.45) is 11.8 Å². The third-order valence-electron chi connectivity index (χ3n) is 4.77. The van der Waals surface area contributed by atoms with Gasteiger partial charge in [0, 0.05) is 0 Å². The summed E-state index contributed by atoms with van der Waals surface area (Å²) >= 11 is 10.1. The Bertz CT molecular complexity index is 312. The first-order valence-electron chi connectivity index (χ1n) is 10.6. The third-order valence-corrected chi connectivity index (χ3v) is 7.05. The van der Waals surface area contributed by atoms with Gasteiger partial charge in [0.2, 0.25) is 5.69 Å². The SMILES string of the molecule is CCCCCC(CCC)COP(=S)(S)OCC(CCC)CCCCC. The quantitative estimate of drug-likeness (QED) is 0.140. The van der Waals surface area contributed by atoms with E-state index in [0.717, 1.165) is 0 Å². The maximum Gasteiger partial charge on any atom is 0.244 e. The van der Waals surface area contributed by atoms with Gasteiger partial charge in [-0.25, -0.2) is 0 Å². The van der Waals surface area contributed by atoms with E-state index in [1.54, 1.807) is 0 Å². The highest BCUT2D eigenvalue weighted by Gasteiger charge is 2.19. The van der Waals surface area contributed by atoms with Crippen molar-refractivity contribution >= 4 is 29.7 Å². The summed E-state index contributed by atoms with van der Waals surface area (Å²) in [7, 11) is 0. The molecule has 0 bridgehead atoms. The number of thiol groups is 1. The Morgan fingerprint density at radius 1 is 0.680 bits per heavy atom. The Morgan fingerprint density at radius 2 is 1.08 bits per heavy atom. The molecule has 0 saturated heterocycles. The van der Waals surface area contributed by atoms with Crippen molar-refractivity contribution < 1.29 is 9.05 Å². The molecule has 0 spiro atoms. The van der Waals surface area contributed by atoms with Crippen molar-refractivity contribution in [1.29, 1.82) is 0 Å². The second kappa shape index (κ2) is 17.0. The van der Waals surface area contributed by atoms with Gasteiger partial charge in [-0.05, 0) is 49.3 Å². The van der Waals surface area contributed by atoms with E-state index in [9.17, 15) is 0 Å². The van der Waals surface area contributed by atoms with Gasteiger partial charge in [-0.15, -0.1) is 0 Å². The van der Waals surface area contributed by atoms with Crippen LogP contribution in [0.25, 0.3) is 0 Å². The normalized spacial score (nSPS) is 16.5. The molecular weight excluding hydrogens is 367 g/mol. The molecule has 25 heavy (non-hydrogen) atoms. The maximum absolute atomic E-state index is 6.00. The molecule has 0 aliphatic carbocycles. The van der Waals surface area contributed by atoms with E-state index in [-0.39, 0.29) is 0 Å². The minimum Gasteiger partial charge on any atom is -0.322 e. The van der Waals surface area contributed by atoms with Gasteiger partial charge in [0.25, 0.3) is 0 Å². The van der Waals surface area contributed by atoms with E-state index in [1.807, 2.05) is 0 Å². The highest BCUT2D eigenvalue weighted by Crippen LogP contribution is 2.54.